The Morgan fingerprint density at radius 1 is 1.26 bits per heavy atom. The van der Waals surface area contributed by atoms with Crippen LogP contribution in [0.5, 0.6) is 0 Å². The molecule has 102 valence electrons. The van der Waals surface area contributed by atoms with Crippen molar-refractivity contribution in [2.75, 3.05) is 25.6 Å². The number of nitrogens with one attached hydrogen (secondary N) is 1. The molecule has 0 aliphatic carbocycles. The number of hydrogen-bond acceptors (Lipinski definition) is 5. The lowest BCUT2D eigenvalue weighted by atomic mass is 10.1. The van der Waals surface area contributed by atoms with E-state index in [2.05, 4.69) is 27.6 Å². The van der Waals surface area contributed by atoms with Crippen molar-refractivity contribution >= 4 is 16.6 Å². The van der Waals surface area contributed by atoms with Gasteiger partial charge in [-0.2, -0.15) is 5.10 Å². The molecular formula is C14H20N4O. The average Bonchev–Trinajstić information content (AvgIpc) is 2.42. The lowest BCUT2D eigenvalue weighted by Crippen LogP contribution is -2.28. The molecule has 5 heteroatoms. The summed E-state index contributed by atoms with van der Waals surface area (Å²) in [6, 6.07) is 8.16. The first-order chi connectivity index (χ1) is 9.22. The van der Waals surface area contributed by atoms with Gasteiger partial charge in [-0.05, 0) is 13.3 Å². The normalized spacial score (nSPS) is 12.6. The van der Waals surface area contributed by atoms with Gasteiger partial charge in [0.15, 0.2) is 5.82 Å². The Hall–Kier alpha value is -1.72. The van der Waals surface area contributed by atoms with Crippen LogP contribution in [0.3, 0.4) is 0 Å². The molecule has 5 nitrogen and oxygen atoms in total. The molecule has 1 atom stereocenters. The Labute approximate surface area is 113 Å². The summed E-state index contributed by atoms with van der Waals surface area (Å²) in [5.74, 6) is 0.811. The zero-order valence-corrected chi connectivity index (χ0v) is 11.4. The molecule has 2 aromatic rings. The van der Waals surface area contributed by atoms with E-state index >= 15 is 0 Å². The lowest BCUT2D eigenvalue weighted by Gasteiger charge is -2.12. The molecule has 1 aromatic heterocycles. The molecule has 1 aromatic carbocycles. The Morgan fingerprint density at radius 3 is 2.74 bits per heavy atom. The highest BCUT2D eigenvalue weighted by atomic mass is 16.5. The van der Waals surface area contributed by atoms with Gasteiger partial charge in [-0.3, -0.25) is 0 Å². The smallest absolute Gasteiger partial charge is 0.156 e. The van der Waals surface area contributed by atoms with Crippen LogP contribution < -0.4 is 11.1 Å². The number of nitrogens with two attached hydrogens (primary N) is 1. The van der Waals surface area contributed by atoms with Crippen LogP contribution in [-0.2, 0) is 4.74 Å². The lowest BCUT2D eigenvalue weighted by molar-refractivity contribution is 0.178. The third kappa shape index (κ3) is 3.39. The second-order valence-electron chi connectivity index (χ2n) is 4.61. The summed E-state index contributed by atoms with van der Waals surface area (Å²) in [7, 11) is 1.66. The third-order valence-corrected chi connectivity index (χ3v) is 3.06. The van der Waals surface area contributed by atoms with E-state index in [0.29, 0.717) is 6.61 Å². The maximum absolute atomic E-state index is 5.88. The van der Waals surface area contributed by atoms with E-state index in [-0.39, 0.29) is 6.04 Å². The van der Waals surface area contributed by atoms with Crippen molar-refractivity contribution in [3.63, 3.8) is 0 Å². The monoisotopic (exact) mass is 260 g/mol. The van der Waals surface area contributed by atoms with Crippen LogP contribution in [0.25, 0.3) is 10.8 Å². The van der Waals surface area contributed by atoms with Crippen molar-refractivity contribution in [1.29, 1.82) is 0 Å². The van der Waals surface area contributed by atoms with Crippen molar-refractivity contribution in [2.45, 2.75) is 19.4 Å². The average molecular weight is 260 g/mol. The van der Waals surface area contributed by atoms with Crippen molar-refractivity contribution in [2.24, 2.45) is 5.73 Å². The molecule has 0 radical (unpaired) electrons. The number of aryl methyl sites for hydroxylation is 1. The van der Waals surface area contributed by atoms with E-state index < -0.39 is 0 Å². The second-order valence-corrected chi connectivity index (χ2v) is 4.61. The highest BCUT2D eigenvalue weighted by Gasteiger charge is 2.06. The second kappa shape index (κ2) is 6.45. The number of benzene rings is 1. The molecule has 2 rings (SSSR count). The molecule has 0 spiro atoms. The number of methoxy groups -OCH3 is 1. The van der Waals surface area contributed by atoms with Crippen LogP contribution in [0.4, 0.5) is 5.82 Å². The van der Waals surface area contributed by atoms with Crippen LogP contribution in [0, 0.1) is 6.92 Å². The maximum atomic E-state index is 5.88. The standard InChI is InChI=1S/C14H20N4O/c1-10-12-5-3-4-6-13(12)14(18-17-10)16-8-7-11(15)9-19-2/h3-6,11H,7-9,15H2,1-2H3,(H,16,18). The largest absolute Gasteiger partial charge is 0.383 e. The molecule has 0 fully saturated rings. The zero-order valence-electron chi connectivity index (χ0n) is 11.4. The predicted molar refractivity (Wildman–Crippen MR) is 77.2 cm³/mol. The number of nitrogens with zero attached hydrogens (tertiary/aromatic N) is 2. The summed E-state index contributed by atoms with van der Waals surface area (Å²) < 4.78 is 5.01. The Morgan fingerprint density at radius 2 is 2.00 bits per heavy atom. The van der Waals surface area contributed by atoms with E-state index in [0.717, 1.165) is 35.2 Å². The maximum Gasteiger partial charge on any atom is 0.156 e. The topological polar surface area (TPSA) is 73.1 Å². The van der Waals surface area contributed by atoms with Crippen LogP contribution in [-0.4, -0.2) is 36.5 Å². The van der Waals surface area contributed by atoms with Gasteiger partial charge in [0.05, 0.1) is 12.3 Å². The van der Waals surface area contributed by atoms with Gasteiger partial charge in [0.1, 0.15) is 0 Å². The fourth-order valence-corrected chi connectivity index (χ4v) is 2.04. The van der Waals surface area contributed by atoms with Crippen molar-refractivity contribution in [3.05, 3.63) is 30.0 Å². The van der Waals surface area contributed by atoms with Gasteiger partial charge < -0.3 is 15.8 Å². The van der Waals surface area contributed by atoms with Crippen LogP contribution in [0.1, 0.15) is 12.1 Å². The van der Waals surface area contributed by atoms with E-state index in [1.165, 1.54) is 0 Å². The number of anilines is 1. The minimum Gasteiger partial charge on any atom is -0.383 e. The fraction of sp³-hybridized carbons (Fsp3) is 0.429. The summed E-state index contributed by atoms with van der Waals surface area (Å²) in [6.07, 6.45) is 0.831. The number of rotatable bonds is 6. The summed E-state index contributed by atoms with van der Waals surface area (Å²) in [5, 5.41) is 13.9. The summed E-state index contributed by atoms with van der Waals surface area (Å²) in [6.45, 7) is 3.29. The minimum atomic E-state index is 0.0437. The third-order valence-electron chi connectivity index (χ3n) is 3.06. The molecule has 0 aliphatic heterocycles. The summed E-state index contributed by atoms with van der Waals surface area (Å²) >= 11 is 0. The van der Waals surface area contributed by atoms with Crippen molar-refractivity contribution in [3.8, 4) is 0 Å². The number of aromatic nitrogens is 2. The van der Waals surface area contributed by atoms with E-state index in [1.807, 2.05) is 19.1 Å². The number of fused-ring (bicyclic) bond motifs is 1. The van der Waals surface area contributed by atoms with Crippen molar-refractivity contribution in [1.82, 2.24) is 10.2 Å². The number of ether oxygens (including phenoxy) is 1. The van der Waals surface area contributed by atoms with Crippen molar-refractivity contribution < 1.29 is 4.74 Å². The SMILES string of the molecule is COCC(N)CCNc1nnc(C)c2ccccc12. The van der Waals surface area contributed by atoms with Gasteiger partial charge in [-0.1, -0.05) is 24.3 Å². The minimum absolute atomic E-state index is 0.0437. The zero-order chi connectivity index (χ0) is 13.7. The summed E-state index contributed by atoms with van der Waals surface area (Å²) in [4.78, 5) is 0. The van der Waals surface area contributed by atoms with Crippen LogP contribution in [0.15, 0.2) is 24.3 Å². The van der Waals surface area contributed by atoms with E-state index in [4.69, 9.17) is 10.5 Å². The number of hydrogen-bond donors (Lipinski definition) is 2. The molecule has 3 N–H and O–H groups in total. The highest BCUT2D eigenvalue weighted by molar-refractivity contribution is 5.92. The molecule has 0 saturated carbocycles. The molecule has 0 amide bonds. The molecule has 0 aliphatic rings. The molecule has 0 saturated heterocycles. The molecule has 1 heterocycles. The molecule has 0 bridgehead atoms. The summed E-state index contributed by atoms with van der Waals surface area (Å²) in [5.41, 5.74) is 6.83. The van der Waals surface area contributed by atoms with Gasteiger partial charge in [-0.15, -0.1) is 5.10 Å². The Balaban J connectivity index is 2.07. The quantitative estimate of drug-likeness (QED) is 0.827. The van der Waals surface area contributed by atoms with Crippen LogP contribution >= 0.6 is 0 Å². The highest BCUT2D eigenvalue weighted by Crippen LogP contribution is 2.22. The fourth-order valence-electron chi connectivity index (χ4n) is 2.04. The predicted octanol–water partition coefficient (Wildman–Crippen LogP) is 1.71. The Bertz CT molecular complexity index is 544. The van der Waals surface area contributed by atoms with E-state index in [1.54, 1.807) is 7.11 Å². The molecule has 19 heavy (non-hydrogen) atoms. The first kappa shape index (κ1) is 13.7. The van der Waals surface area contributed by atoms with Gasteiger partial charge in [0, 0.05) is 30.5 Å². The van der Waals surface area contributed by atoms with Gasteiger partial charge in [0.25, 0.3) is 0 Å². The van der Waals surface area contributed by atoms with Gasteiger partial charge >= 0.3 is 0 Å². The Kier molecular flexibility index (Phi) is 4.65. The van der Waals surface area contributed by atoms with Gasteiger partial charge in [0.2, 0.25) is 0 Å². The molecule has 1 unspecified atom stereocenters. The van der Waals surface area contributed by atoms with E-state index in [9.17, 15) is 0 Å². The first-order valence-electron chi connectivity index (χ1n) is 6.42. The van der Waals surface area contributed by atoms with Gasteiger partial charge in [-0.25, -0.2) is 0 Å². The van der Waals surface area contributed by atoms with Crippen LogP contribution in [0.2, 0.25) is 0 Å². The first-order valence-corrected chi connectivity index (χ1v) is 6.42. The molecular weight excluding hydrogens is 240 g/mol.